The second-order valence-corrected chi connectivity index (χ2v) is 6.58. The maximum Gasteiger partial charge on any atom is 0.345 e. The Morgan fingerprint density at radius 2 is 2.08 bits per heavy atom. The highest BCUT2D eigenvalue weighted by molar-refractivity contribution is 5.74. The van der Waals surface area contributed by atoms with Crippen molar-refractivity contribution in [2.45, 2.75) is 38.8 Å². The maximum atomic E-state index is 12.9. The number of halogens is 1. The third kappa shape index (κ3) is 3.79. The molecule has 0 saturated carbocycles. The van der Waals surface area contributed by atoms with Crippen LogP contribution in [0, 0.1) is 5.82 Å². The van der Waals surface area contributed by atoms with E-state index in [1.54, 1.807) is 28.6 Å². The SMILES string of the molecule is CCn1c(C2CCCN(C(=O)NCc3ccc(F)cc3)C2)nn(C)c1=O. The molecule has 26 heavy (non-hydrogen) atoms. The zero-order valence-corrected chi connectivity index (χ0v) is 15.1. The van der Waals surface area contributed by atoms with Gasteiger partial charge in [0.05, 0.1) is 0 Å². The normalized spacial score (nSPS) is 17.3. The second kappa shape index (κ2) is 7.72. The van der Waals surface area contributed by atoms with Crippen molar-refractivity contribution in [1.29, 1.82) is 0 Å². The third-order valence-electron chi connectivity index (χ3n) is 4.78. The van der Waals surface area contributed by atoms with Gasteiger partial charge in [-0.25, -0.2) is 18.7 Å². The van der Waals surface area contributed by atoms with Crippen molar-refractivity contribution in [3.05, 3.63) is 52.0 Å². The molecule has 1 atom stereocenters. The van der Waals surface area contributed by atoms with E-state index in [1.807, 2.05) is 6.92 Å². The Morgan fingerprint density at radius 1 is 1.35 bits per heavy atom. The van der Waals surface area contributed by atoms with Gasteiger partial charge in [-0.05, 0) is 37.5 Å². The fourth-order valence-corrected chi connectivity index (χ4v) is 3.39. The van der Waals surface area contributed by atoms with Crippen molar-refractivity contribution in [2.75, 3.05) is 13.1 Å². The zero-order chi connectivity index (χ0) is 18.7. The van der Waals surface area contributed by atoms with Crippen LogP contribution in [0.15, 0.2) is 29.1 Å². The Labute approximate surface area is 151 Å². The summed E-state index contributed by atoms with van der Waals surface area (Å²) in [5, 5.41) is 7.25. The van der Waals surface area contributed by atoms with E-state index in [0.29, 0.717) is 26.2 Å². The summed E-state index contributed by atoms with van der Waals surface area (Å²) in [6, 6.07) is 5.91. The average molecular weight is 361 g/mol. The van der Waals surface area contributed by atoms with Crippen LogP contribution in [0.4, 0.5) is 9.18 Å². The van der Waals surface area contributed by atoms with Crippen molar-refractivity contribution in [1.82, 2.24) is 24.6 Å². The fraction of sp³-hybridized carbons (Fsp3) is 0.500. The molecule has 1 aliphatic rings. The van der Waals surface area contributed by atoms with Crippen molar-refractivity contribution < 1.29 is 9.18 Å². The molecule has 3 rings (SSSR count). The number of nitrogens with one attached hydrogen (secondary N) is 1. The van der Waals surface area contributed by atoms with E-state index in [0.717, 1.165) is 24.2 Å². The Morgan fingerprint density at radius 3 is 2.77 bits per heavy atom. The van der Waals surface area contributed by atoms with Crippen molar-refractivity contribution >= 4 is 6.03 Å². The first-order valence-electron chi connectivity index (χ1n) is 8.90. The third-order valence-corrected chi connectivity index (χ3v) is 4.78. The quantitative estimate of drug-likeness (QED) is 0.903. The molecular formula is C18H24FN5O2. The minimum atomic E-state index is -0.295. The van der Waals surface area contributed by atoms with Gasteiger partial charge in [0.15, 0.2) is 0 Å². The number of rotatable bonds is 4. The van der Waals surface area contributed by atoms with Gasteiger partial charge in [-0.15, -0.1) is 0 Å². The van der Waals surface area contributed by atoms with Gasteiger partial charge in [0.1, 0.15) is 11.6 Å². The lowest BCUT2D eigenvalue weighted by Gasteiger charge is -2.32. The Bertz CT molecular complexity index is 827. The number of likely N-dealkylation sites (tertiary alicyclic amines) is 1. The summed E-state index contributed by atoms with van der Waals surface area (Å²) in [6.45, 7) is 4.04. The number of aryl methyl sites for hydroxylation is 1. The van der Waals surface area contributed by atoms with Crippen LogP contribution in [0.2, 0.25) is 0 Å². The number of amides is 2. The first kappa shape index (κ1) is 18.2. The number of piperidine rings is 1. The summed E-state index contributed by atoms with van der Waals surface area (Å²) in [5.74, 6) is 0.501. The topological polar surface area (TPSA) is 72.2 Å². The summed E-state index contributed by atoms with van der Waals surface area (Å²) in [6.07, 6.45) is 1.77. The molecule has 8 heteroatoms. The lowest BCUT2D eigenvalue weighted by Crippen LogP contribution is -2.45. The Kier molecular flexibility index (Phi) is 5.39. The van der Waals surface area contributed by atoms with E-state index in [-0.39, 0.29) is 23.5 Å². The molecule has 1 aromatic carbocycles. The molecule has 7 nitrogen and oxygen atoms in total. The molecule has 0 bridgehead atoms. The van der Waals surface area contributed by atoms with Gasteiger partial charge in [0.25, 0.3) is 0 Å². The highest BCUT2D eigenvalue weighted by Gasteiger charge is 2.28. The number of benzene rings is 1. The Hall–Kier alpha value is -2.64. The predicted molar refractivity (Wildman–Crippen MR) is 95.3 cm³/mol. The molecule has 1 aromatic heterocycles. The summed E-state index contributed by atoms with van der Waals surface area (Å²) >= 11 is 0. The summed E-state index contributed by atoms with van der Waals surface area (Å²) in [7, 11) is 1.65. The van der Waals surface area contributed by atoms with Crippen LogP contribution < -0.4 is 11.0 Å². The van der Waals surface area contributed by atoms with Gasteiger partial charge >= 0.3 is 11.7 Å². The van der Waals surface area contributed by atoms with Gasteiger partial charge < -0.3 is 10.2 Å². The monoisotopic (exact) mass is 361 g/mol. The van der Waals surface area contributed by atoms with E-state index in [2.05, 4.69) is 10.4 Å². The number of carbonyl (C=O) groups is 1. The van der Waals surface area contributed by atoms with Crippen molar-refractivity contribution in [2.24, 2.45) is 7.05 Å². The van der Waals surface area contributed by atoms with Crippen LogP contribution in [0.5, 0.6) is 0 Å². The number of nitrogens with zero attached hydrogens (tertiary/aromatic N) is 4. The lowest BCUT2D eigenvalue weighted by atomic mass is 9.97. The molecule has 2 heterocycles. The molecule has 0 spiro atoms. The smallest absolute Gasteiger partial charge is 0.334 e. The molecule has 1 saturated heterocycles. The zero-order valence-electron chi connectivity index (χ0n) is 15.1. The number of aromatic nitrogens is 3. The number of urea groups is 1. The number of hydrogen-bond acceptors (Lipinski definition) is 3. The van der Waals surface area contributed by atoms with Crippen LogP contribution in [-0.2, 0) is 20.1 Å². The fourth-order valence-electron chi connectivity index (χ4n) is 3.39. The molecule has 1 N–H and O–H groups in total. The lowest BCUT2D eigenvalue weighted by molar-refractivity contribution is 0.177. The van der Waals surface area contributed by atoms with E-state index in [9.17, 15) is 14.0 Å². The molecule has 2 amide bonds. The van der Waals surface area contributed by atoms with Gasteiger partial charge in [-0.2, -0.15) is 5.10 Å². The Balaban J connectivity index is 1.64. The van der Waals surface area contributed by atoms with E-state index in [1.165, 1.54) is 16.8 Å². The molecule has 2 aromatic rings. The molecule has 1 fully saturated rings. The summed E-state index contributed by atoms with van der Waals surface area (Å²) in [4.78, 5) is 26.4. The minimum absolute atomic E-state index is 0.0502. The highest BCUT2D eigenvalue weighted by atomic mass is 19.1. The largest absolute Gasteiger partial charge is 0.345 e. The highest BCUT2D eigenvalue weighted by Crippen LogP contribution is 2.25. The van der Waals surface area contributed by atoms with Crippen LogP contribution >= 0.6 is 0 Å². The second-order valence-electron chi connectivity index (χ2n) is 6.58. The van der Waals surface area contributed by atoms with Crippen LogP contribution in [-0.4, -0.2) is 38.4 Å². The summed E-state index contributed by atoms with van der Waals surface area (Å²) in [5.41, 5.74) is 0.721. The van der Waals surface area contributed by atoms with Gasteiger partial charge in [0.2, 0.25) is 0 Å². The van der Waals surface area contributed by atoms with Crippen molar-refractivity contribution in [3.8, 4) is 0 Å². The molecule has 1 unspecified atom stereocenters. The first-order chi connectivity index (χ1) is 12.5. The van der Waals surface area contributed by atoms with E-state index < -0.39 is 0 Å². The van der Waals surface area contributed by atoms with Crippen LogP contribution in [0.3, 0.4) is 0 Å². The van der Waals surface area contributed by atoms with Crippen LogP contribution in [0.25, 0.3) is 0 Å². The first-order valence-corrected chi connectivity index (χ1v) is 8.90. The molecule has 1 aliphatic heterocycles. The van der Waals surface area contributed by atoms with E-state index in [4.69, 9.17) is 0 Å². The number of carbonyl (C=O) groups excluding carboxylic acids is 1. The van der Waals surface area contributed by atoms with Crippen LogP contribution in [0.1, 0.15) is 37.1 Å². The predicted octanol–water partition coefficient (Wildman–Crippen LogP) is 1.83. The van der Waals surface area contributed by atoms with E-state index >= 15 is 0 Å². The molecular weight excluding hydrogens is 337 g/mol. The molecule has 0 aliphatic carbocycles. The maximum absolute atomic E-state index is 12.9. The van der Waals surface area contributed by atoms with Gasteiger partial charge in [-0.1, -0.05) is 12.1 Å². The van der Waals surface area contributed by atoms with Crippen molar-refractivity contribution in [3.63, 3.8) is 0 Å². The van der Waals surface area contributed by atoms with Gasteiger partial charge in [0, 0.05) is 39.1 Å². The number of hydrogen-bond donors (Lipinski definition) is 1. The molecule has 0 radical (unpaired) electrons. The summed E-state index contributed by atoms with van der Waals surface area (Å²) < 4.78 is 16.0. The molecule has 140 valence electrons. The standard InChI is InChI=1S/C18H24FN5O2/c1-3-24-16(21-22(2)18(24)26)14-5-4-10-23(12-14)17(25)20-11-13-6-8-15(19)9-7-13/h6-9,14H,3-5,10-12H2,1-2H3,(H,20,25). The average Bonchev–Trinajstić information content (AvgIpc) is 2.95. The minimum Gasteiger partial charge on any atom is -0.334 e. The van der Waals surface area contributed by atoms with Gasteiger partial charge in [-0.3, -0.25) is 4.57 Å².